The molecule has 10 nitrogen and oxygen atoms in total. The van der Waals surface area contributed by atoms with E-state index in [9.17, 15) is 18.9 Å². The van der Waals surface area contributed by atoms with Crippen molar-refractivity contribution in [2.45, 2.75) is 51.0 Å². The first-order valence-corrected chi connectivity index (χ1v) is 12.1. The van der Waals surface area contributed by atoms with Crippen molar-refractivity contribution in [2.75, 3.05) is 19.0 Å². The highest BCUT2D eigenvalue weighted by atomic mass is 35.5. The Bertz CT molecular complexity index is 971. The summed E-state index contributed by atoms with van der Waals surface area (Å²) in [6, 6.07) is 1.17. The van der Waals surface area contributed by atoms with Gasteiger partial charge in [-0.1, -0.05) is 32.5 Å². The van der Waals surface area contributed by atoms with Gasteiger partial charge in [-0.3, -0.25) is 32.7 Å². The lowest BCUT2D eigenvalue weighted by atomic mass is 10.00. The van der Waals surface area contributed by atoms with Gasteiger partial charge in [-0.05, 0) is 6.92 Å². The van der Waals surface area contributed by atoms with Gasteiger partial charge < -0.3 is 4.74 Å². The summed E-state index contributed by atoms with van der Waals surface area (Å²) in [4.78, 5) is 36.2. The number of nitrogens with one attached hydrogen (secondary N) is 1. The third-order valence-electron chi connectivity index (χ3n) is 4.60. The minimum absolute atomic E-state index is 0.0124. The lowest BCUT2D eigenvalue weighted by molar-refractivity contribution is -0.117. The molecule has 2 saturated heterocycles. The van der Waals surface area contributed by atoms with Crippen LogP contribution in [0.5, 0.6) is 0 Å². The quantitative estimate of drug-likeness (QED) is 0.382. The highest BCUT2D eigenvalue weighted by Crippen LogP contribution is 2.59. The number of alkyl halides is 1. The van der Waals surface area contributed by atoms with E-state index in [-0.39, 0.29) is 24.1 Å². The molecule has 3 heterocycles. The van der Waals surface area contributed by atoms with Crippen LogP contribution in [0.25, 0.3) is 0 Å². The Kier molecular flexibility index (Phi) is 6.75. The lowest BCUT2D eigenvalue weighted by Gasteiger charge is -2.34. The fourth-order valence-electron chi connectivity index (χ4n) is 3.02. The van der Waals surface area contributed by atoms with Gasteiger partial charge in [-0.25, -0.2) is 9.36 Å². The first-order valence-electron chi connectivity index (χ1n) is 9.24. The molecule has 0 unspecified atom stereocenters. The van der Waals surface area contributed by atoms with Gasteiger partial charge in [-0.2, -0.15) is 0 Å². The van der Waals surface area contributed by atoms with Crippen molar-refractivity contribution in [3.63, 3.8) is 0 Å². The zero-order valence-electron chi connectivity index (χ0n) is 17.0. The summed E-state index contributed by atoms with van der Waals surface area (Å²) in [5.74, 6) is 0.283. The number of thioether (sulfide) groups is 1. The molecule has 1 aromatic rings. The van der Waals surface area contributed by atoms with Crippen LogP contribution in [0.1, 0.15) is 33.9 Å². The maximum absolute atomic E-state index is 12.9. The van der Waals surface area contributed by atoms with Crippen molar-refractivity contribution in [3.05, 3.63) is 33.1 Å². The van der Waals surface area contributed by atoms with Gasteiger partial charge in [-0.15, -0.1) is 11.6 Å². The second kappa shape index (κ2) is 8.54. The van der Waals surface area contributed by atoms with E-state index in [1.54, 1.807) is 6.92 Å². The molecule has 3 rings (SSSR count). The second-order valence-electron chi connectivity index (χ2n) is 8.18. The van der Waals surface area contributed by atoms with Crippen LogP contribution < -0.4 is 11.2 Å². The van der Waals surface area contributed by atoms with Crippen molar-refractivity contribution >= 4 is 36.3 Å². The molecule has 0 aromatic carbocycles. The maximum Gasteiger partial charge on any atom is 0.475 e. The highest BCUT2D eigenvalue weighted by molar-refractivity contribution is 8.13. The molecule has 0 aliphatic carbocycles. The average molecular weight is 483 g/mol. The van der Waals surface area contributed by atoms with Crippen LogP contribution in [-0.4, -0.2) is 50.7 Å². The van der Waals surface area contributed by atoms with E-state index in [4.69, 9.17) is 29.9 Å². The molecular weight excluding hydrogens is 459 g/mol. The van der Waals surface area contributed by atoms with Crippen LogP contribution in [-0.2, 0) is 27.7 Å². The van der Waals surface area contributed by atoms with Crippen molar-refractivity contribution in [3.8, 4) is 0 Å². The molecule has 13 heteroatoms. The number of carbonyl (C=O) groups excluding carboxylic acids is 1. The van der Waals surface area contributed by atoms with Crippen LogP contribution in [0.4, 0.5) is 0 Å². The predicted octanol–water partition coefficient (Wildman–Crippen LogP) is 2.28. The second-order valence-corrected chi connectivity index (χ2v) is 11.7. The zero-order valence-corrected chi connectivity index (χ0v) is 19.4. The van der Waals surface area contributed by atoms with Gasteiger partial charge in [0.2, 0.25) is 0 Å². The third kappa shape index (κ3) is 4.93. The number of H-pyrrole nitrogens is 1. The summed E-state index contributed by atoms with van der Waals surface area (Å²) in [7, 11) is -3.94. The van der Waals surface area contributed by atoms with Crippen molar-refractivity contribution in [1.29, 1.82) is 0 Å². The fourth-order valence-corrected chi connectivity index (χ4v) is 5.81. The van der Waals surface area contributed by atoms with Crippen LogP contribution >= 0.6 is 31.2 Å². The number of fused-ring (bicyclic) bond motifs is 1. The number of phosphoric ester groups is 1. The number of halogens is 1. The normalized spacial score (nSPS) is 34.0. The van der Waals surface area contributed by atoms with E-state index in [0.29, 0.717) is 0 Å². The third-order valence-corrected chi connectivity index (χ3v) is 7.70. The molecule has 2 aliphatic rings. The highest BCUT2D eigenvalue weighted by Gasteiger charge is 2.60. The minimum atomic E-state index is -3.94. The Morgan fingerprint density at radius 2 is 2.17 bits per heavy atom. The number of nitrogens with zero attached hydrogens (tertiary/aromatic N) is 1. The molecule has 0 amide bonds. The number of aromatic nitrogens is 2. The molecule has 30 heavy (non-hydrogen) atoms. The van der Waals surface area contributed by atoms with Crippen molar-refractivity contribution in [2.24, 2.45) is 5.41 Å². The van der Waals surface area contributed by atoms with E-state index in [2.05, 4.69) is 4.98 Å². The van der Waals surface area contributed by atoms with E-state index in [1.807, 2.05) is 20.8 Å². The maximum atomic E-state index is 12.9. The van der Waals surface area contributed by atoms with Crippen LogP contribution in [0.2, 0.25) is 0 Å². The Morgan fingerprint density at radius 3 is 2.80 bits per heavy atom. The van der Waals surface area contributed by atoms with Crippen LogP contribution in [0.3, 0.4) is 0 Å². The summed E-state index contributed by atoms with van der Waals surface area (Å²) >= 11 is 7.73. The smallest absolute Gasteiger partial charge is 0.347 e. The SMILES string of the molecule is CC(C)(C)C(=O)SCCO[P@@]1(=O)OC[C@H]2O[C@@H](n3ccc(=O)[nH]c3=O)[C@](C)(Cl)[C@@H]2O1. The number of aromatic amines is 1. The Balaban J connectivity index is 1.66. The molecule has 2 fully saturated rings. The van der Waals surface area contributed by atoms with Crippen molar-refractivity contribution in [1.82, 2.24) is 9.55 Å². The average Bonchev–Trinajstić information content (AvgIpc) is 2.88. The number of phosphoric acid groups is 1. The summed E-state index contributed by atoms with van der Waals surface area (Å²) in [6.07, 6.45) is -1.32. The van der Waals surface area contributed by atoms with E-state index in [1.165, 1.54) is 12.3 Å². The predicted molar refractivity (Wildman–Crippen MR) is 111 cm³/mol. The van der Waals surface area contributed by atoms with E-state index in [0.717, 1.165) is 16.3 Å². The first kappa shape index (κ1) is 23.7. The molecule has 1 aromatic heterocycles. The molecule has 168 valence electrons. The lowest BCUT2D eigenvalue weighted by Crippen LogP contribution is -2.45. The summed E-state index contributed by atoms with van der Waals surface area (Å²) in [5.41, 5.74) is -1.74. The molecule has 2 aliphatic heterocycles. The van der Waals surface area contributed by atoms with Crippen LogP contribution in [0.15, 0.2) is 21.9 Å². The van der Waals surface area contributed by atoms with Gasteiger partial charge in [0.25, 0.3) is 5.56 Å². The number of hydrogen-bond acceptors (Lipinski definition) is 9. The molecule has 0 saturated carbocycles. The van der Waals surface area contributed by atoms with Crippen LogP contribution in [0, 0.1) is 5.41 Å². The minimum Gasteiger partial charge on any atom is -0.347 e. The van der Waals surface area contributed by atoms with E-state index < -0.39 is 47.8 Å². The molecule has 0 radical (unpaired) electrons. The molecule has 1 N–H and O–H groups in total. The standard InChI is InChI=1S/C17H24ClN2O8PS/c1-16(2,3)14(22)30-8-7-25-29(24)26-9-10-12(28-29)17(4,18)13(27-10)20-6-5-11(21)19-15(20)23/h5-6,10,12-13H,7-9H2,1-4H3,(H,19,21,23)/t10-,12-,13-,17-,29+/m1/s1. The van der Waals surface area contributed by atoms with Gasteiger partial charge in [0.15, 0.2) is 11.3 Å². The van der Waals surface area contributed by atoms with E-state index >= 15 is 0 Å². The molecule has 0 spiro atoms. The monoisotopic (exact) mass is 482 g/mol. The molecule has 0 bridgehead atoms. The number of rotatable bonds is 5. The van der Waals surface area contributed by atoms with Gasteiger partial charge in [0.1, 0.15) is 17.1 Å². The van der Waals surface area contributed by atoms with Crippen molar-refractivity contribution < 1.29 is 27.7 Å². The number of carbonyl (C=O) groups is 1. The topological polar surface area (TPSA) is 126 Å². The number of hydrogen-bond donors (Lipinski definition) is 1. The Labute approximate surface area is 182 Å². The van der Waals surface area contributed by atoms with Gasteiger partial charge in [0, 0.05) is 23.4 Å². The molecular formula is C17H24ClN2O8PS. The summed E-state index contributed by atoms with van der Waals surface area (Å²) in [6.45, 7) is 6.87. The molecule has 5 atom stereocenters. The first-order chi connectivity index (χ1) is 13.8. The number of ether oxygens (including phenoxy) is 1. The Morgan fingerprint density at radius 1 is 1.47 bits per heavy atom. The zero-order chi connectivity index (χ0) is 22.3. The van der Waals surface area contributed by atoms with Gasteiger partial charge in [0.05, 0.1) is 13.2 Å². The largest absolute Gasteiger partial charge is 0.475 e. The fraction of sp³-hybridized carbons (Fsp3) is 0.706. The summed E-state index contributed by atoms with van der Waals surface area (Å²) < 4.78 is 36.0. The summed E-state index contributed by atoms with van der Waals surface area (Å²) in [5, 5.41) is -0.0124. The Hall–Kier alpha value is -0.940. The van der Waals surface area contributed by atoms with Gasteiger partial charge >= 0.3 is 13.5 Å².